The smallest absolute Gasteiger partial charge is 0.330 e. The third-order valence-corrected chi connectivity index (χ3v) is 7.83. The highest BCUT2D eigenvalue weighted by molar-refractivity contribution is 5.81. The van der Waals surface area contributed by atoms with Gasteiger partial charge in [0.2, 0.25) is 0 Å². The van der Waals surface area contributed by atoms with Crippen molar-refractivity contribution in [3.8, 4) is 0 Å². The van der Waals surface area contributed by atoms with E-state index in [1.807, 2.05) is 0 Å². The second kappa shape index (κ2) is 6.10. The van der Waals surface area contributed by atoms with Gasteiger partial charge < -0.3 is 9.47 Å². The Bertz CT molecular complexity index is 600. The first-order valence-electron chi connectivity index (χ1n) is 10.3. The van der Waals surface area contributed by atoms with E-state index in [0.29, 0.717) is 36.0 Å². The number of carbonyl (C=O) groups excluding carboxylic acids is 2. The van der Waals surface area contributed by atoms with Crippen molar-refractivity contribution in [3.05, 3.63) is 12.7 Å². The van der Waals surface area contributed by atoms with Gasteiger partial charge in [-0.15, -0.1) is 0 Å². The normalized spacial score (nSPS) is 45.9. The molecule has 2 unspecified atom stereocenters. The van der Waals surface area contributed by atoms with E-state index in [1.54, 1.807) is 0 Å². The third-order valence-electron chi connectivity index (χ3n) is 7.83. The molecule has 5 rings (SSSR count). The van der Waals surface area contributed by atoms with Crippen molar-refractivity contribution in [2.75, 3.05) is 0 Å². The molecule has 4 bridgehead atoms. The van der Waals surface area contributed by atoms with Crippen LogP contribution in [-0.2, 0) is 19.1 Å². The molecule has 0 amide bonds. The Hall–Kier alpha value is -1.32. The molecule has 5 aliphatic rings. The van der Waals surface area contributed by atoms with Gasteiger partial charge in [0.15, 0.2) is 0 Å². The van der Waals surface area contributed by atoms with Gasteiger partial charge in [0.1, 0.15) is 11.7 Å². The molecule has 0 N–H and O–H groups in total. The topological polar surface area (TPSA) is 52.6 Å². The maximum atomic E-state index is 12.9. The largest absolute Gasteiger partial charge is 0.459 e. The average molecular weight is 360 g/mol. The van der Waals surface area contributed by atoms with Crippen molar-refractivity contribution in [1.29, 1.82) is 0 Å². The molecule has 0 aromatic rings. The van der Waals surface area contributed by atoms with Crippen LogP contribution in [0, 0.1) is 35.0 Å². The maximum Gasteiger partial charge on any atom is 0.330 e. The molecule has 0 radical (unpaired) electrons. The zero-order chi connectivity index (χ0) is 18.7. The Kier molecular flexibility index (Phi) is 4.24. The summed E-state index contributed by atoms with van der Waals surface area (Å²) in [5, 5.41) is 0. The fraction of sp³-hybridized carbons (Fsp3) is 0.818. The summed E-state index contributed by atoms with van der Waals surface area (Å²) in [4.78, 5) is 24.2. The van der Waals surface area contributed by atoms with E-state index < -0.39 is 5.97 Å². The SMILES string of the molecule is C=CC(=O)OC1CC(C(=O)OC2(C(C)C)C3CC4CC2CC(C)(C4)C3)C1. The lowest BCUT2D eigenvalue weighted by Gasteiger charge is -2.65. The summed E-state index contributed by atoms with van der Waals surface area (Å²) < 4.78 is 11.6. The van der Waals surface area contributed by atoms with Crippen molar-refractivity contribution in [2.24, 2.45) is 35.0 Å². The molecule has 0 aromatic carbocycles. The highest BCUT2D eigenvalue weighted by atomic mass is 16.6. The lowest BCUT2D eigenvalue weighted by atomic mass is 9.43. The molecule has 0 heterocycles. The molecular weight excluding hydrogens is 328 g/mol. The Balaban J connectivity index is 1.45. The van der Waals surface area contributed by atoms with E-state index >= 15 is 0 Å². The minimum atomic E-state index is -0.408. The van der Waals surface area contributed by atoms with Crippen molar-refractivity contribution in [1.82, 2.24) is 0 Å². The molecule has 5 saturated carbocycles. The minimum Gasteiger partial charge on any atom is -0.459 e. The zero-order valence-electron chi connectivity index (χ0n) is 16.3. The Morgan fingerprint density at radius 3 is 2.19 bits per heavy atom. The Morgan fingerprint density at radius 1 is 1.08 bits per heavy atom. The molecule has 4 heteroatoms. The molecule has 0 saturated heterocycles. The van der Waals surface area contributed by atoms with Crippen LogP contribution in [0.1, 0.15) is 65.7 Å². The fourth-order valence-corrected chi connectivity index (χ4v) is 6.94. The predicted octanol–water partition coefficient (Wildman–Crippen LogP) is 4.28. The first-order chi connectivity index (χ1) is 12.3. The average Bonchev–Trinajstić information content (AvgIpc) is 2.51. The first kappa shape index (κ1) is 18.1. The van der Waals surface area contributed by atoms with Crippen LogP contribution in [-0.4, -0.2) is 23.6 Å². The first-order valence-corrected chi connectivity index (χ1v) is 10.3. The van der Waals surface area contributed by atoms with Crippen molar-refractivity contribution >= 4 is 11.9 Å². The van der Waals surface area contributed by atoms with Crippen LogP contribution in [0.4, 0.5) is 0 Å². The maximum absolute atomic E-state index is 12.9. The summed E-state index contributed by atoms with van der Waals surface area (Å²) in [5.74, 6) is 1.60. The quantitative estimate of drug-likeness (QED) is 0.542. The highest BCUT2D eigenvalue weighted by Crippen LogP contribution is 2.66. The summed E-state index contributed by atoms with van der Waals surface area (Å²) >= 11 is 0. The summed E-state index contributed by atoms with van der Waals surface area (Å²) in [5.41, 5.74) is 0.179. The predicted molar refractivity (Wildman–Crippen MR) is 98.1 cm³/mol. The van der Waals surface area contributed by atoms with E-state index in [0.717, 1.165) is 5.92 Å². The van der Waals surface area contributed by atoms with Gasteiger partial charge >= 0.3 is 11.9 Å². The lowest BCUT2D eigenvalue weighted by Crippen LogP contribution is -2.65. The number of carbonyl (C=O) groups is 2. The Labute approximate surface area is 156 Å². The van der Waals surface area contributed by atoms with Gasteiger partial charge in [-0.25, -0.2) is 4.79 Å². The molecule has 5 aliphatic carbocycles. The monoisotopic (exact) mass is 360 g/mol. The van der Waals surface area contributed by atoms with Crippen molar-refractivity contribution < 1.29 is 19.1 Å². The molecule has 4 nitrogen and oxygen atoms in total. The van der Waals surface area contributed by atoms with Gasteiger partial charge in [0.05, 0.1) is 5.92 Å². The second-order valence-corrected chi connectivity index (χ2v) is 10.0. The molecular formula is C22H32O4. The Morgan fingerprint density at radius 2 is 1.69 bits per heavy atom. The lowest BCUT2D eigenvalue weighted by molar-refractivity contribution is -0.244. The van der Waals surface area contributed by atoms with Gasteiger partial charge in [-0.1, -0.05) is 27.4 Å². The summed E-state index contributed by atoms with van der Waals surface area (Å²) in [6.45, 7) is 10.3. The highest BCUT2D eigenvalue weighted by Gasteiger charge is 2.64. The number of hydrogen-bond donors (Lipinski definition) is 0. The van der Waals surface area contributed by atoms with Gasteiger partial charge in [-0.2, -0.15) is 0 Å². The summed E-state index contributed by atoms with van der Waals surface area (Å²) in [6.07, 6.45) is 8.40. The molecule has 5 fully saturated rings. The van der Waals surface area contributed by atoms with Gasteiger partial charge in [-0.3, -0.25) is 4.79 Å². The van der Waals surface area contributed by atoms with Crippen molar-refractivity contribution in [3.63, 3.8) is 0 Å². The number of hydrogen-bond acceptors (Lipinski definition) is 4. The van der Waals surface area contributed by atoms with Crippen LogP contribution in [0.25, 0.3) is 0 Å². The summed E-state index contributed by atoms with van der Waals surface area (Å²) in [7, 11) is 0. The van der Waals surface area contributed by atoms with Gasteiger partial charge in [0.25, 0.3) is 0 Å². The molecule has 144 valence electrons. The molecule has 0 spiro atoms. The molecule has 0 aliphatic heterocycles. The number of rotatable bonds is 5. The van der Waals surface area contributed by atoms with Crippen LogP contribution in [0.15, 0.2) is 12.7 Å². The second-order valence-electron chi connectivity index (χ2n) is 10.0. The number of ether oxygens (including phenoxy) is 2. The molecule has 2 atom stereocenters. The minimum absolute atomic E-state index is 0.0674. The van der Waals surface area contributed by atoms with Crippen LogP contribution < -0.4 is 0 Å². The van der Waals surface area contributed by atoms with Gasteiger partial charge in [-0.05, 0) is 62.2 Å². The van der Waals surface area contributed by atoms with E-state index in [2.05, 4.69) is 27.4 Å². The van der Waals surface area contributed by atoms with Crippen LogP contribution >= 0.6 is 0 Å². The summed E-state index contributed by atoms with van der Waals surface area (Å²) in [6, 6.07) is 0. The van der Waals surface area contributed by atoms with Crippen molar-refractivity contribution in [2.45, 2.75) is 77.4 Å². The van der Waals surface area contributed by atoms with Crippen LogP contribution in [0.5, 0.6) is 0 Å². The van der Waals surface area contributed by atoms with E-state index in [4.69, 9.17) is 9.47 Å². The van der Waals surface area contributed by atoms with E-state index in [1.165, 1.54) is 38.2 Å². The molecule has 26 heavy (non-hydrogen) atoms. The van der Waals surface area contributed by atoms with Gasteiger partial charge in [0, 0.05) is 17.9 Å². The zero-order valence-corrected chi connectivity index (χ0v) is 16.3. The van der Waals surface area contributed by atoms with E-state index in [-0.39, 0.29) is 23.6 Å². The molecule has 0 aromatic heterocycles. The number of esters is 2. The standard InChI is InChI=1S/C22H32O4/c1-5-19(23)25-18-8-15(9-18)20(24)26-22(13(2)3)16-6-14-7-17(22)12-21(4,10-14)11-16/h5,13-18H,1,6-12H2,2-4H3. The van der Waals surface area contributed by atoms with E-state index in [9.17, 15) is 9.59 Å². The van der Waals surface area contributed by atoms with Crippen LogP contribution in [0.2, 0.25) is 0 Å². The fourth-order valence-electron chi connectivity index (χ4n) is 6.94. The van der Waals surface area contributed by atoms with Crippen LogP contribution in [0.3, 0.4) is 0 Å². The third kappa shape index (κ3) is 2.71.